The first-order valence-electron chi connectivity index (χ1n) is 7.98. The van der Waals surface area contributed by atoms with Crippen LogP contribution in [0, 0.1) is 5.82 Å². The lowest BCUT2D eigenvalue weighted by Crippen LogP contribution is -2.48. The fourth-order valence-corrected chi connectivity index (χ4v) is 6.28. The number of hydrogen-bond acceptors (Lipinski definition) is 5. The summed E-state index contributed by atoms with van der Waals surface area (Å²) in [6.07, 6.45) is 0.975. The van der Waals surface area contributed by atoms with Gasteiger partial charge in [0, 0.05) is 25.9 Å². The van der Waals surface area contributed by atoms with E-state index in [1.165, 1.54) is 46.8 Å². The topological polar surface area (TPSA) is 83.5 Å². The Morgan fingerprint density at radius 1 is 1.04 bits per heavy atom. The molecule has 1 aliphatic rings. The number of halogens is 1. The summed E-state index contributed by atoms with van der Waals surface area (Å²) in [6, 6.07) is 10.7. The largest absolute Gasteiger partial charge is 0.313 e. The van der Waals surface area contributed by atoms with Crippen LogP contribution in [0.15, 0.2) is 58.3 Å². The molecule has 0 radical (unpaired) electrons. The molecule has 1 saturated heterocycles. The van der Waals surface area contributed by atoms with Crippen LogP contribution in [-0.4, -0.2) is 47.0 Å². The van der Waals surface area contributed by atoms with Crippen LogP contribution >= 0.6 is 0 Å². The first-order valence-corrected chi connectivity index (χ1v) is 11.3. The van der Waals surface area contributed by atoms with Gasteiger partial charge in [-0.15, -0.1) is 0 Å². The van der Waals surface area contributed by atoms with Gasteiger partial charge in [0.2, 0.25) is 10.0 Å². The molecule has 0 saturated carbocycles. The zero-order chi connectivity index (χ0) is 18.9. The van der Waals surface area contributed by atoms with E-state index in [2.05, 4.69) is 5.32 Å². The molecule has 0 aromatic heterocycles. The summed E-state index contributed by atoms with van der Waals surface area (Å²) in [5.41, 5.74) is 0.512. The molecule has 1 atom stereocenters. The molecule has 26 heavy (non-hydrogen) atoms. The van der Waals surface area contributed by atoms with Crippen molar-refractivity contribution in [2.24, 2.45) is 0 Å². The van der Waals surface area contributed by atoms with Crippen LogP contribution in [0.1, 0.15) is 11.6 Å². The van der Waals surface area contributed by atoms with E-state index in [1.807, 2.05) is 0 Å². The highest BCUT2D eigenvalue weighted by Gasteiger charge is 2.36. The van der Waals surface area contributed by atoms with Crippen LogP contribution in [0.25, 0.3) is 0 Å². The van der Waals surface area contributed by atoms with Crippen LogP contribution in [0.2, 0.25) is 0 Å². The molecule has 6 nitrogen and oxygen atoms in total. The fourth-order valence-electron chi connectivity index (χ4n) is 3.07. The third kappa shape index (κ3) is 3.66. The van der Waals surface area contributed by atoms with Crippen LogP contribution in [0.5, 0.6) is 0 Å². The minimum atomic E-state index is -4.09. The Hall–Kier alpha value is -1.81. The Morgan fingerprint density at radius 3 is 2.38 bits per heavy atom. The highest BCUT2D eigenvalue weighted by Crippen LogP contribution is 2.31. The third-order valence-electron chi connectivity index (χ3n) is 4.26. The summed E-state index contributed by atoms with van der Waals surface area (Å²) in [5, 5.41) is 3.10. The number of hydrogen-bond donors (Lipinski definition) is 1. The Kier molecular flexibility index (Phi) is 5.16. The van der Waals surface area contributed by atoms with Gasteiger partial charge in [0.25, 0.3) is 0 Å². The van der Waals surface area contributed by atoms with Crippen LogP contribution in [0.4, 0.5) is 4.39 Å². The van der Waals surface area contributed by atoms with Crippen molar-refractivity contribution in [2.45, 2.75) is 15.8 Å². The van der Waals surface area contributed by atoms with E-state index in [1.54, 1.807) is 6.07 Å². The summed E-state index contributed by atoms with van der Waals surface area (Å²) >= 11 is 0. The van der Waals surface area contributed by atoms with E-state index in [0.717, 1.165) is 6.26 Å². The lowest BCUT2D eigenvalue weighted by Gasteiger charge is -2.35. The number of rotatable bonds is 4. The summed E-state index contributed by atoms with van der Waals surface area (Å²) in [5.74, 6) is -0.457. The number of sulfonamides is 1. The predicted octanol–water partition coefficient (Wildman–Crippen LogP) is 1.56. The molecule has 1 aliphatic heterocycles. The van der Waals surface area contributed by atoms with E-state index in [0.29, 0.717) is 18.7 Å². The number of nitrogens with zero attached hydrogens (tertiary/aromatic N) is 1. The van der Waals surface area contributed by atoms with Gasteiger partial charge in [-0.3, -0.25) is 0 Å². The van der Waals surface area contributed by atoms with Gasteiger partial charge >= 0.3 is 0 Å². The first-order chi connectivity index (χ1) is 12.2. The van der Waals surface area contributed by atoms with E-state index >= 15 is 0 Å². The van der Waals surface area contributed by atoms with Gasteiger partial charge in [-0.1, -0.05) is 24.3 Å². The molecule has 0 bridgehead atoms. The summed E-state index contributed by atoms with van der Waals surface area (Å²) in [6.45, 7) is 0.886. The number of sulfone groups is 1. The zero-order valence-electron chi connectivity index (χ0n) is 14.1. The van der Waals surface area contributed by atoms with Crippen molar-refractivity contribution in [1.82, 2.24) is 9.62 Å². The second-order valence-electron chi connectivity index (χ2n) is 6.11. The standard InChI is InChI=1S/C17H19FN2O4S2/c1-25(21,22)16-7-2-3-8-17(16)26(23,24)20-10-9-19-12-15(20)13-5-4-6-14(18)11-13/h2-8,11,15,19H,9-10,12H2,1H3. The lowest BCUT2D eigenvalue weighted by molar-refractivity contribution is 0.270. The third-order valence-corrected chi connectivity index (χ3v) is 7.51. The van der Waals surface area contributed by atoms with Gasteiger partial charge in [-0.05, 0) is 29.8 Å². The van der Waals surface area contributed by atoms with Crippen molar-refractivity contribution in [2.75, 3.05) is 25.9 Å². The van der Waals surface area contributed by atoms with E-state index in [4.69, 9.17) is 0 Å². The molecule has 0 spiro atoms. The SMILES string of the molecule is CS(=O)(=O)c1ccccc1S(=O)(=O)N1CCNCC1c1cccc(F)c1. The summed E-state index contributed by atoms with van der Waals surface area (Å²) in [7, 11) is -7.82. The molecule has 2 aromatic rings. The highest BCUT2D eigenvalue weighted by atomic mass is 32.2. The van der Waals surface area contributed by atoms with Gasteiger partial charge < -0.3 is 5.32 Å². The van der Waals surface area contributed by atoms with E-state index in [9.17, 15) is 21.2 Å². The van der Waals surface area contributed by atoms with Gasteiger partial charge in [0.15, 0.2) is 9.84 Å². The number of piperazine rings is 1. The Morgan fingerprint density at radius 2 is 1.73 bits per heavy atom. The van der Waals surface area contributed by atoms with Gasteiger partial charge in [0.1, 0.15) is 10.7 Å². The average molecular weight is 398 g/mol. The second kappa shape index (κ2) is 7.07. The molecule has 1 unspecified atom stereocenters. The Balaban J connectivity index is 2.11. The molecule has 9 heteroatoms. The molecule has 1 N–H and O–H groups in total. The zero-order valence-corrected chi connectivity index (χ0v) is 15.7. The summed E-state index contributed by atoms with van der Waals surface area (Å²) < 4.78 is 65.5. The molecule has 3 rings (SSSR count). The van der Waals surface area contributed by atoms with Gasteiger partial charge in [-0.25, -0.2) is 21.2 Å². The Bertz CT molecular complexity index is 1020. The minimum absolute atomic E-state index is 0.154. The van der Waals surface area contributed by atoms with E-state index in [-0.39, 0.29) is 16.3 Å². The van der Waals surface area contributed by atoms with Gasteiger partial charge in [0.05, 0.1) is 10.9 Å². The molecule has 140 valence electrons. The second-order valence-corrected chi connectivity index (χ2v) is 9.95. The average Bonchev–Trinajstić information content (AvgIpc) is 2.61. The van der Waals surface area contributed by atoms with Crippen LogP contribution in [0.3, 0.4) is 0 Å². The first kappa shape index (κ1) is 19.0. The molecule has 2 aromatic carbocycles. The van der Waals surface area contributed by atoms with Crippen molar-refractivity contribution in [1.29, 1.82) is 0 Å². The number of nitrogens with one attached hydrogen (secondary N) is 1. The molecular formula is C17H19FN2O4S2. The molecular weight excluding hydrogens is 379 g/mol. The maximum atomic E-state index is 13.6. The molecule has 1 fully saturated rings. The van der Waals surface area contributed by atoms with Crippen LogP contribution < -0.4 is 5.32 Å². The number of benzene rings is 2. The molecule has 0 aliphatic carbocycles. The summed E-state index contributed by atoms with van der Waals surface area (Å²) in [4.78, 5) is -0.498. The monoisotopic (exact) mass is 398 g/mol. The fraction of sp³-hybridized carbons (Fsp3) is 0.294. The van der Waals surface area contributed by atoms with Crippen molar-refractivity contribution in [3.63, 3.8) is 0 Å². The smallest absolute Gasteiger partial charge is 0.245 e. The quantitative estimate of drug-likeness (QED) is 0.845. The maximum Gasteiger partial charge on any atom is 0.245 e. The van der Waals surface area contributed by atoms with Crippen molar-refractivity contribution in [3.05, 3.63) is 59.9 Å². The highest BCUT2D eigenvalue weighted by molar-refractivity contribution is 7.93. The van der Waals surface area contributed by atoms with Gasteiger partial charge in [-0.2, -0.15) is 4.31 Å². The lowest BCUT2D eigenvalue weighted by atomic mass is 10.1. The normalized spacial score (nSPS) is 19.4. The van der Waals surface area contributed by atoms with Crippen LogP contribution in [-0.2, 0) is 19.9 Å². The van der Waals surface area contributed by atoms with E-state index < -0.39 is 31.7 Å². The van der Waals surface area contributed by atoms with Crippen molar-refractivity contribution < 1.29 is 21.2 Å². The predicted molar refractivity (Wildman–Crippen MR) is 95.5 cm³/mol. The maximum absolute atomic E-state index is 13.6. The molecule has 0 amide bonds. The Labute approximate surface area is 152 Å². The van der Waals surface area contributed by atoms with Crippen molar-refractivity contribution in [3.8, 4) is 0 Å². The molecule has 1 heterocycles. The van der Waals surface area contributed by atoms with Crippen molar-refractivity contribution >= 4 is 19.9 Å². The minimum Gasteiger partial charge on any atom is -0.313 e.